The number of aromatic nitrogens is 2. The summed E-state index contributed by atoms with van der Waals surface area (Å²) < 4.78 is 51.2. The molecule has 34 heavy (non-hydrogen) atoms. The van der Waals surface area contributed by atoms with Crippen molar-refractivity contribution < 1.29 is 32.2 Å². The molecule has 0 atom stereocenters. The van der Waals surface area contributed by atoms with Gasteiger partial charge in [0.1, 0.15) is 18.2 Å². The minimum Gasteiger partial charge on any atom is -0.489 e. The number of carbonyl (C=O) groups is 2. The van der Waals surface area contributed by atoms with Gasteiger partial charge in [-0.2, -0.15) is 5.10 Å². The van der Waals surface area contributed by atoms with Crippen LogP contribution in [0.25, 0.3) is 10.9 Å². The third-order valence-corrected chi connectivity index (χ3v) is 4.83. The van der Waals surface area contributed by atoms with Crippen molar-refractivity contribution in [3.8, 4) is 5.75 Å². The summed E-state index contributed by atoms with van der Waals surface area (Å²) in [6.07, 6.45) is 0. The monoisotopic (exact) mass is 470 g/mol. The van der Waals surface area contributed by atoms with Gasteiger partial charge in [0, 0.05) is 11.1 Å². The SMILES string of the molecule is COC(=O)c1cccc(NC(=O)Nc2n[nH]c3ccc(OCc4c(F)ccc(F)c4F)cc23)c1. The van der Waals surface area contributed by atoms with Crippen LogP contribution in [0.4, 0.5) is 29.5 Å². The summed E-state index contributed by atoms with van der Waals surface area (Å²) in [5.41, 5.74) is 0.625. The number of nitrogens with one attached hydrogen (secondary N) is 3. The number of halogens is 3. The molecule has 0 aliphatic heterocycles. The molecule has 0 fully saturated rings. The van der Waals surface area contributed by atoms with E-state index in [1.807, 2.05) is 0 Å². The van der Waals surface area contributed by atoms with Crippen LogP contribution in [-0.4, -0.2) is 29.3 Å². The van der Waals surface area contributed by atoms with Gasteiger partial charge < -0.3 is 14.8 Å². The van der Waals surface area contributed by atoms with E-state index in [1.54, 1.807) is 24.3 Å². The normalized spacial score (nSPS) is 10.7. The van der Waals surface area contributed by atoms with E-state index in [0.717, 1.165) is 6.07 Å². The first kappa shape index (κ1) is 22.6. The molecule has 1 heterocycles. The second-order valence-corrected chi connectivity index (χ2v) is 7.04. The van der Waals surface area contributed by atoms with Gasteiger partial charge in [-0.1, -0.05) is 6.07 Å². The number of hydrogen-bond acceptors (Lipinski definition) is 5. The van der Waals surface area contributed by atoms with Gasteiger partial charge in [-0.15, -0.1) is 0 Å². The first-order chi connectivity index (χ1) is 16.4. The molecule has 11 heteroatoms. The molecule has 0 saturated carbocycles. The van der Waals surface area contributed by atoms with Crippen LogP contribution in [0.3, 0.4) is 0 Å². The summed E-state index contributed by atoms with van der Waals surface area (Å²) >= 11 is 0. The van der Waals surface area contributed by atoms with E-state index in [1.165, 1.54) is 25.3 Å². The van der Waals surface area contributed by atoms with E-state index in [9.17, 15) is 22.8 Å². The fourth-order valence-corrected chi connectivity index (χ4v) is 3.15. The number of benzene rings is 3. The van der Waals surface area contributed by atoms with Gasteiger partial charge in [-0.25, -0.2) is 22.8 Å². The molecule has 0 aliphatic rings. The van der Waals surface area contributed by atoms with Crippen LogP contribution >= 0.6 is 0 Å². The van der Waals surface area contributed by atoms with Crippen molar-refractivity contribution in [1.82, 2.24) is 10.2 Å². The maximum atomic E-state index is 13.9. The van der Waals surface area contributed by atoms with Crippen LogP contribution in [0.5, 0.6) is 5.75 Å². The standard InChI is InChI=1S/C23H17F3N4O4/c1-33-22(31)12-3-2-4-13(9-12)27-23(32)28-21-15-10-14(5-8-19(15)29-30-21)34-11-16-17(24)6-7-18(25)20(16)26/h2-10H,11H2,1H3,(H3,27,28,29,30,32). The first-order valence-corrected chi connectivity index (χ1v) is 9.85. The predicted octanol–water partition coefficient (Wildman–Crippen LogP) is 4.99. The quantitative estimate of drug-likeness (QED) is 0.272. The second-order valence-electron chi connectivity index (χ2n) is 7.04. The Morgan fingerprint density at radius 1 is 1.00 bits per heavy atom. The number of fused-ring (bicyclic) bond motifs is 1. The van der Waals surface area contributed by atoms with Gasteiger partial charge in [0.2, 0.25) is 0 Å². The summed E-state index contributed by atoms with van der Waals surface area (Å²) in [5.74, 6) is -3.61. The molecule has 0 saturated heterocycles. The van der Waals surface area contributed by atoms with E-state index in [4.69, 9.17) is 4.74 Å². The van der Waals surface area contributed by atoms with E-state index < -0.39 is 41.6 Å². The molecule has 3 aromatic carbocycles. The molecule has 8 nitrogen and oxygen atoms in total. The molecule has 2 amide bonds. The maximum absolute atomic E-state index is 13.9. The Labute approximate surface area is 190 Å². The van der Waals surface area contributed by atoms with Gasteiger partial charge in [-0.3, -0.25) is 10.4 Å². The first-order valence-electron chi connectivity index (χ1n) is 9.85. The topological polar surface area (TPSA) is 105 Å². The van der Waals surface area contributed by atoms with Crippen molar-refractivity contribution in [2.75, 3.05) is 17.7 Å². The molecule has 4 rings (SSSR count). The van der Waals surface area contributed by atoms with Crippen molar-refractivity contribution >= 4 is 34.4 Å². The number of aromatic amines is 1. The zero-order chi connectivity index (χ0) is 24.2. The Morgan fingerprint density at radius 3 is 2.59 bits per heavy atom. The third-order valence-electron chi connectivity index (χ3n) is 4.83. The van der Waals surface area contributed by atoms with Crippen LogP contribution in [0, 0.1) is 17.5 Å². The van der Waals surface area contributed by atoms with Gasteiger partial charge in [-0.05, 0) is 48.5 Å². The Balaban J connectivity index is 1.48. The lowest BCUT2D eigenvalue weighted by Gasteiger charge is -2.09. The van der Waals surface area contributed by atoms with Crippen LogP contribution in [-0.2, 0) is 11.3 Å². The fourth-order valence-electron chi connectivity index (χ4n) is 3.15. The molecule has 0 aliphatic carbocycles. The number of amides is 2. The number of methoxy groups -OCH3 is 1. The van der Waals surface area contributed by atoms with Crippen LogP contribution in [0.1, 0.15) is 15.9 Å². The lowest BCUT2D eigenvalue weighted by Crippen LogP contribution is -2.20. The summed E-state index contributed by atoms with van der Waals surface area (Å²) in [6, 6.07) is 11.7. The van der Waals surface area contributed by atoms with E-state index in [0.29, 0.717) is 22.7 Å². The minimum atomic E-state index is -1.32. The van der Waals surface area contributed by atoms with Crippen LogP contribution in [0.15, 0.2) is 54.6 Å². The van der Waals surface area contributed by atoms with E-state index >= 15 is 0 Å². The van der Waals surface area contributed by atoms with Crippen LogP contribution in [0.2, 0.25) is 0 Å². The maximum Gasteiger partial charge on any atom is 0.337 e. The van der Waals surface area contributed by atoms with Gasteiger partial charge in [0.15, 0.2) is 17.5 Å². The average molecular weight is 470 g/mol. The lowest BCUT2D eigenvalue weighted by molar-refractivity contribution is 0.0600. The smallest absolute Gasteiger partial charge is 0.337 e. The van der Waals surface area contributed by atoms with Crippen molar-refractivity contribution in [3.05, 3.63) is 83.2 Å². The van der Waals surface area contributed by atoms with Crippen LogP contribution < -0.4 is 15.4 Å². The zero-order valence-electron chi connectivity index (χ0n) is 17.6. The second kappa shape index (κ2) is 9.53. The van der Waals surface area contributed by atoms with Gasteiger partial charge in [0.25, 0.3) is 0 Å². The molecular weight excluding hydrogens is 453 g/mol. The predicted molar refractivity (Wildman–Crippen MR) is 117 cm³/mol. The van der Waals surface area contributed by atoms with E-state index in [-0.39, 0.29) is 17.1 Å². The highest BCUT2D eigenvalue weighted by Gasteiger charge is 2.16. The van der Waals surface area contributed by atoms with Crippen molar-refractivity contribution in [1.29, 1.82) is 0 Å². The number of H-pyrrole nitrogens is 1. The van der Waals surface area contributed by atoms with E-state index in [2.05, 4.69) is 25.6 Å². The molecule has 174 valence electrons. The summed E-state index contributed by atoms with van der Waals surface area (Å²) in [7, 11) is 1.25. The average Bonchev–Trinajstić information content (AvgIpc) is 3.23. The Morgan fingerprint density at radius 2 is 1.79 bits per heavy atom. The number of nitrogens with zero attached hydrogens (tertiary/aromatic N) is 1. The Bertz CT molecular complexity index is 1390. The largest absolute Gasteiger partial charge is 0.489 e. The molecule has 3 N–H and O–H groups in total. The number of hydrogen-bond donors (Lipinski definition) is 3. The molecule has 1 aromatic heterocycles. The number of anilines is 2. The van der Waals surface area contributed by atoms with Gasteiger partial charge in [0.05, 0.1) is 23.8 Å². The van der Waals surface area contributed by atoms with Crippen molar-refractivity contribution in [2.45, 2.75) is 6.61 Å². The number of carbonyl (C=O) groups excluding carboxylic acids is 2. The highest BCUT2D eigenvalue weighted by atomic mass is 19.2. The lowest BCUT2D eigenvalue weighted by atomic mass is 10.2. The number of ether oxygens (including phenoxy) is 2. The molecule has 4 aromatic rings. The molecule has 0 bridgehead atoms. The summed E-state index contributed by atoms with van der Waals surface area (Å²) in [6.45, 7) is -0.543. The molecule has 0 spiro atoms. The van der Waals surface area contributed by atoms with Crippen molar-refractivity contribution in [2.24, 2.45) is 0 Å². The number of esters is 1. The minimum absolute atomic E-state index is 0.158. The van der Waals surface area contributed by atoms with Crippen molar-refractivity contribution in [3.63, 3.8) is 0 Å². The zero-order valence-corrected chi connectivity index (χ0v) is 17.6. The fraction of sp³-hybridized carbons (Fsp3) is 0.0870. The third kappa shape index (κ3) is 4.77. The highest BCUT2D eigenvalue weighted by Crippen LogP contribution is 2.27. The molecular formula is C23H17F3N4O4. The number of rotatable bonds is 6. The Hall–Kier alpha value is -4.54. The molecule has 0 unspecified atom stereocenters. The number of urea groups is 1. The summed E-state index contributed by atoms with van der Waals surface area (Å²) in [4.78, 5) is 24.1. The van der Waals surface area contributed by atoms with Gasteiger partial charge >= 0.3 is 12.0 Å². The molecule has 0 radical (unpaired) electrons. The summed E-state index contributed by atoms with van der Waals surface area (Å²) in [5, 5.41) is 12.4. The highest BCUT2D eigenvalue weighted by molar-refractivity contribution is 6.05. The Kier molecular flexibility index (Phi) is 6.35.